The maximum absolute atomic E-state index is 12.8. The van der Waals surface area contributed by atoms with Crippen LogP contribution in [-0.2, 0) is 0 Å². The summed E-state index contributed by atoms with van der Waals surface area (Å²) in [6.07, 6.45) is 1.34. The quantitative estimate of drug-likeness (QED) is 0.892. The van der Waals surface area contributed by atoms with Crippen LogP contribution in [0.15, 0.2) is 23.5 Å². The third kappa shape index (κ3) is 1.95. The van der Waals surface area contributed by atoms with Crippen molar-refractivity contribution in [3.63, 3.8) is 0 Å². The summed E-state index contributed by atoms with van der Waals surface area (Å²) in [5.41, 5.74) is -0.413. The Morgan fingerprint density at radius 2 is 2.24 bits per heavy atom. The number of aromatic amines is 1. The van der Waals surface area contributed by atoms with E-state index in [4.69, 9.17) is 0 Å². The number of hydrogen-bond donors (Lipinski definition) is 1. The van der Waals surface area contributed by atoms with Crippen LogP contribution in [0.5, 0.6) is 0 Å². The van der Waals surface area contributed by atoms with Gasteiger partial charge in [-0.05, 0) is 6.42 Å². The van der Waals surface area contributed by atoms with Crippen molar-refractivity contribution in [1.29, 1.82) is 0 Å². The Hall–Kier alpha value is -2.05. The average molecular weight is 240 g/mol. The molecule has 0 saturated carbocycles. The van der Waals surface area contributed by atoms with Crippen LogP contribution in [0, 0.1) is 0 Å². The molecule has 0 bridgehead atoms. The van der Waals surface area contributed by atoms with Crippen molar-refractivity contribution in [3.05, 3.63) is 29.1 Å². The van der Waals surface area contributed by atoms with Gasteiger partial charge >= 0.3 is 0 Å². The molecule has 90 valence electrons. The fraction of sp³-hybridized carbons (Fsp3) is 0.300. The normalized spacial score (nSPS) is 10.8. The maximum Gasteiger partial charge on any atom is 0.290 e. The molecular weight excluding hydrogens is 230 g/mol. The van der Waals surface area contributed by atoms with Gasteiger partial charge in [0, 0.05) is 0 Å². The van der Waals surface area contributed by atoms with E-state index in [1.807, 2.05) is 0 Å². The zero-order chi connectivity index (χ0) is 12.4. The molecule has 0 aliphatic heterocycles. The molecule has 5 nitrogen and oxygen atoms in total. The number of allylic oxidation sites excluding steroid dienone is 1. The summed E-state index contributed by atoms with van der Waals surface area (Å²) in [4.78, 5) is 21.4. The summed E-state index contributed by atoms with van der Waals surface area (Å²) in [6.45, 7) is 1.79. The minimum atomic E-state index is -1.78. The zero-order valence-electron chi connectivity index (χ0n) is 9.07. The van der Waals surface area contributed by atoms with Gasteiger partial charge in [-0.1, -0.05) is 13.3 Å². The molecule has 17 heavy (non-hydrogen) atoms. The standard InChI is InChI=1S/C10H10F2N4O/c1-2-3-6(8(11)12)16-5-15-7-9(16)13-4-14-10(7)17/h4-5H,2-3H2,1H3,(H,13,14,17). The van der Waals surface area contributed by atoms with Crippen molar-refractivity contribution in [2.24, 2.45) is 0 Å². The number of rotatable bonds is 3. The van der Waals surface area contributed by atoms with Gasteiger partial charge in [0.2, 0.25) is 0 Å². The van der Waals surface area contributed by atoms with Gasteiger partial charge in [-0.15, -0.1) is 0 Å². The third-order valence-corrected chi connectivity index (χ3v) is 2.34. The van der Waals surface area contributed by atoms with Crippen LogP contribution >= 0.6 is 0 Å². The lowest BCUT2D eigenvalue weighted by Crippen LogP contribution is -2.07. The largest absolute Gasteiger partial charge is 0.311 e. The second kappa shape index (κ2) is 4.44. The fourth-order valence-corrected chi connectivity index (χ4v) is 1.59. The smallest absolute Gasteiger partial charge is 0.290 e. The van der Waals surface area contributed by atoms with Crippen molar-refractivity contribution in [2.45, 2.75) is 19.8 Å². The Labute approximate surface area is 94.8 Å². The Morgan fingerprint density at radius 1 is 1.47 bits per heavy atom. The van der Waals surface area contributed by atoms with E-state index in [-0.39, 0.29) is 23.3 Å². The molecule has 2 aromatic heterocycles. The molecule has 0 amide bonds. The summed E-state index contributed by atoms with van der Waals surface area (Å²) < 4.78 is 26.7. The van der Waals surface area contributed by atoms with Crippen LogP contribution in [0.2, 0.25) is 0 Å². The number of nitrogens with zero attached hydrogens (tertiary/aromatic N) is 3. The number of imidazole rings is 1. The summed E-state index contributed by atoms with van der Waals surface area (Å²) >= 11 is 0. The molecule has 0 radical (unpaired) electrons. The third-order valence-electron chi connectivity index (χ3n) is 2.34. The summed E-state index contributed by atoms with van der Waals surface area (Å²) in [5, 5.41) is 0. The number of fused-ring (bicyclic) bond motifs is 1. The van der Waals surface area contributed by atoms with Gasteiger partial charge in [0.25, 0.3) is 11.6 Å². The lowest BCUT2D eigenvalue weighted by atomic mass is 10.2. The number of halogens is 2. The number of hydrogen-bond acceptors (Lipinski definition) is 3. The summed E-state index contributed by atoms with van der Waals surface area (Å²) in [5.74, 6) is 0. The molecule has 0 aromatic carbocycles. The molecule has 0 fully saturated rings. The van der Waals surface area contributed by atoms with Crippen LogP contribution in [0.1, 0.15) is 19.8 Å². The maximum atomic E-state index is 12.8. The second-order valence-corrected chi connectivity index (χ2v) is 3.48. The predicted octanol–water partition coefficient (Wildman–Crippen LogP) is 1.98. The summed E-state index contributed by atoms with van der Waals surface area (Å²) in [7, 11) is 0. The van der Waals surface area contributed by atoms with Gasteiger partial charge < -0.3 is 4.98 Å². The van der Waals surface area contributed by atoms with E-state index in [2.05, 4.69) is 15.0 Å². The topological polar surface area (TPSA) is 63.6 Å². The minimum absolute atomic E-state index is 0.0577. The molecule has 1 N–H and O–H groups in total. The van der Waals surface area contributed by atoms with E-state index in [9.17, 15) is 13.6 Å². The zero-order valence-corrected chi connectivity index (χ0v) is 9.07. The van der Waals surface area contributed by atoms with E-state index in [0.29, 0.717) is 6.42 Å². The average Bonchev–Trinajstić information content (AvgIpc) is 2.70. The molecule has 2 heterocycles. The van der Waals surface area contributed by atoms with Crippen molar-refractivity contribution >= 4 is 16.9 Å². The van der Waals surface area contributed by atoms with Gasteiger partial charge in [0.05, 0.1) is 12.0 Å². The molecule has 0 saturated heterocycles. The Kier molecular flexibility index (Phi) is 2.99. The first kappa shape index (κ1) is 11.4. The Morgan fingerprint density at radius 3 is 2.88 bits per heavy atom. The number of aromatic nitrogens is 4. The van der Waals surface area contributed by atoms with Gasteiger partial charge in [-0.3, -0.25) is 9.36 Å². The van der Waals surface area contributed by atoms with Crippen LogP contribution in [-0.4, -0.2) is 19.5 Å². The molecule has 0 aliphatic rings. The number of H-pyrrole nitrogens is 1. The molecular formula is C10H10F2N4O. The highest BCUT2D eigenvalue weighted by Gasteiger charge is 2.14. The highest BCUT2D eigenvalue weighted by Crippen LogP contribution is 2.22. The van der Waals surface area contributed by atoms with Crippen molar-refractivity contribution in [2.75, 3.05) is 0 Å². The van der Waals surface area contributed by atoms with E-state index in [0.717, 1.165) is 4.57 Å². The molecule has 7 heteroatoms. The molecule has 0 spiro atoms. The SMILES string of the molecule is CCCC(=C(F)F)n1cnc2c(=O)[nH]cnc21. The lowest BCUT2D eigenvalue weighted by molar-refractivity contribution is 0.418. The predicted molar refractivity (Wildman–Crippen MR) is 58.5 cm³/mol. The first-order valence-electron chi connectivity index (χ1n) is 5.10. The molecule has 2 aromatic rings. The van der Waals surface area contributed by atoms with Gasteiger partial charge in [0.15, 0.2) is 11.2 Å². The molecule has 0 aliphatic carbocycles. The highest BCUT2D eigenvalue weighted by molar-refractivity contribution is 5.73. The number of nitrogens with one attached hydrogen (secondary N) is 1. The molecule has 0 atom stereocenters. The Bertz CT molecular complexity index is 625. The van der Waals surface area contributed by atoms with E-state index in [1.165, 1.54) is 12.7 Å². The monoisotopic (exact) mass is 240 g/mol. The van der Waals surface area contributed by atoms with Gasteiger partial charge in [-0.25, -0.2) is 9.97 Å². The first-order valence-corrected chi connectivity index (χ1v) is 5.10. The van der Waals surface area contributed by atoms with Crippen molar-refractivity contribution in [3.8, 4) is 0 Å². The Balaban J connectivity index is 2.68. The second-order valence-electron chi connectivity index (χ2n) is 3.48. The van der Waals surface area contributed by atoms with Crippen LogP contribution in [0.25, 0.3) is 16.9 Å². The first-order chi connectivity index (χ1) is 8.15. The van der Waals surface area contributed by atoms with Gasteiger partial charge in [0.1, 0.15) is 6.33 Å². The highest BCUT2D eigenvalue weighted by atomic mass is 19.3. The molecule has 0 unspecified atom stereocenters. The lowest BCUT2D eigenvalue weighted by Gasteiger charge is -2.05. The van der Waals surface area contributed by atoms with Crippen LogP contribution in [0.3, 0.4) is 0 Å². The van der Waals surface area contributed by atoms with E-state index < -0.39 is 11.6 Å². The van der Waals surface area contributed by atoms with Crippen LogP contribution < -0.4 is 5.56 Å². The summed E-state index contributed by atoms with van der Waals surface area (Å²) in [6, 6.07) is 0. The van der Waals surface area contributed by atoms with E-state index >= 15 is 0 Å². The van der Waals surface area contributed by atoms with Crippen molar-refractivity contribution < 1.29 is 8.78 Å². The van der Waals surface area contributed by atoms with Crippen molar-refractivity contribution in [1.82, 2.24) is 19.5 Å². The molecule has 2 rings (SSSR count). The minimum Gasteiger partial charge on any atom is -0.311 e. The van der Waals surface area contributed by atoms with E-state index in [1.54, 1.807) is 6.92 Å². The van der Waals surface area contributed by atoms with Gasteiger partial charge in [-0.2, -0.15) is 8.78 Å². The van der Waals surface area contributed by atoms with Crippen LogP contribution in [0.4, 0.5) is 8.78 Å². The fourth-order valence-electron chi connectivity index (χ4n) is 1.59.